The Hall–Kier alpha value is -1.36. The lowest BCUT2D eigenvalue weighted by Crippen LogP contribution is -2.51. The number of imidazole rings is 1. The van der Waals surface area contributed by atoms with Gasteiger partial charge in [0.15, 0.2) is 0 Å². The molecule has 0 aromatic carbocycles. The summed E-state index contributed by atoms with van der Waals surface area (Å²) in [7, 11) is 0. The number of amides is 1. The fourth-order valence-corrected chi connectivity index (χ4v) is 1.45. The summed E-state index contributed by atoms with van der Waals surface area (Å²) in [5.41, 5.74) is -0.141. The minimum atomic E-state index is -0.181. The molecule has 102 valence electrons. The lowest BCUT2D eigenvalue weighted by Gasteiger charge is -2.26. The Balaban J connectivity index is 2.27. The van der Waals surface area contributed by atoms with Crippen LogP contribution in [0.15, 0.2) is 18.7 Å². The van der Waals surface area contributed by atoms with E-state index in [-0.39, 0.29) is 17.5 Å². The van der Waals surface area contributed by atoms with Gasteiger partial charge < -0.3 is 15.2 Å². The fraction of sp³-hybridized carbons (Fsp3) is 0.692. The van der Waals surface area contributed by atoms with Crippen LogP contribution in [0.4, 0.5) is 0 Å². The van der Waals surface area contributed by atoms with Gasteiger partial charge in [0.05, 0.1) is 12.4 Å². The predicted octanol–water partition coefficient (Wildman–Crippen LogP) is 1.17. The summed E-state index contributed by atoms with van der Waals surface area (Å²) >= 11 is 0. The van der Waals surface area contributed by atoms with E-state index in [0.29, 0.717) is 0 Å². The predicted molar refractivity (Wildman–Crippen MR) is 72.2 cm³/mol. The highest BCUT2D eigenvalue weighted by atomic mass is 16.2. The van der Waals surface area contributed by atoms with Crippen molar-refractivity contribution >= 4 is 5.91 Å². The van der Waals surface area contributed by atoms with Crippen LogP contribution in [0.1, 0.15) is 34.1 Å². The van der Waals surface area contributed by atoms with Gasteiger partial charge in [-0.1, -0.05) is 6.92 Å². The first-order valence-corrected chi connectivity index (χ1v) is 6.46. The first kappa shape index (κ1) is 14.7. The molecule has 0 saturated heterocycles. The third-order valence-corrected chi connectivity index (χ3v) is 3.12. The molecule has 0 spiro atoms. The quantitative estimate of drug-likeness (QED) is 0.766. The Morgan fingerprint density at radius 1 is 1.50 bits per heavy atom. The summed E-state index contributed by atoms with van der Waals surface area (Å²) in [6, 6.07) is -0.181. The van der Waals surface area contributed by atoms with Gasteiger partial charge in [-0.2, -0.15) is 0 Å². The average Bonchev–Trinajstić information content (AvgIpc) is 2.81. The third-order valence-electron chi connectivity index (χ3n) is 3.12. The number of hydrogen-bond acceptors (Lipinski definition) is 3. The first-order valence-electron chi connectivity index (χ1n) is 6.46. The van der Waals surface area contributed by atoms with Crippen molar-refractivity contribution in [2.24, 2.45) is 0 Å². The van der Waals surface area contributed by atoms with E-state index in [4.69, 9.17) is 0 Å². The van der Waals surface area contributed by atoms with Crippen LogP contribution in [0.2, 0.25) is 0 Å². The average molecular weight is 252 g/mol. The number of nitrogens with one attached hydrogen (secondary N) is 2. The lowest BCUT2D eigenvalue weighted by molar-refractivity contribution is -0.124. The van der Waals surface area contributed by atoms with Crippen molar-refractivity contribution in [2.45, 2.75) is 52.2 Å². The van der Waals surface area contributed by atoms with Crippen molar-refractivity contribution in [1.29, 1.82) is 0 Å². The van der Waals surface area contributed by atoms with Crippen LogP contribution in [0.3, 0.4) is 0 Å². The molecule has 1 unspecified atom stereocenters. The molecule has 1 heterocycles. The Labute approximate surface area is 109 Å². The van der Waals surface area contributed by atoms with E-state index >= 15 is 0 Å². The second-order valence-corrected chi connectivity index (χ2v) is 5.20. The molecule has 0 aliphatic heterocycles. The topological polar surface area (TPSA) is 59.0 Å². The van der Waals surface area contributed by atoms with Crippen LogP contribution in [-0.4, -0.2) is 33.6 Å². The minimum absolute atomic E-state index is 0.0486. The van der Waals surface area contributed by atoms with Crippen molar-refractivity contribution < 1.29 is 4.79 Å². The molecule has 0 aliphatic carbocycles. The van der Waals surface area contributed by atoms with Gasteiger partial charge >= 0.3 is 0 Å². The Bertz CT molecular complexity index is 359. The maximum Gasteiger partial charge on any atom is 0.237 e. The van der Waals surface area contributed by atoms with E-state index in [1.165, 1.54) is 0 Å². The molecule has 0 fully saturated rings. The number of aromatic nitrogens is 2. The van der Waals surface area contributed by atoms with E-state index in [1.807, 2.05) is 31.5 Å². The fourth-order valence-electron chi connectivity index (χ4n) is 1.45. The highest BCUT2D eigenvalue weighted by Crippen LogP contribution is 2.06. The lowest BCUT2D eigenvalue weighted by atomic mass is 10.0. The van der Waals surface area contributed by atoms with Crippen LogP contribution in [0.25, 0.3) is 0 Å². The number of hydrogen-bond donors (Lipinski definition) is 2. The third kappa shape index (κ3) is 4.87. The molecule has 0 aliphatic rings. The zero-order valence-corrected chi connectivity index (χ0v) is 11.7. The zero-order valence-electron chi connectivity index (χ0n) is 11.7. The molecule has 0 radical (unpaired) electrons. The largest absolute Gasteiger partial charge is 0.350 e. The van der Waals surface area contributed by atoms with Crippen molar-refractivity contribution in [3.05, 3.63) is 18.7 Å². The first-order chi connectivity index (χ1) is 8.44. The molecular weight excluding hydrogens is 228 g/mol. The molecule has 1 atom stereocenters. The van der Waals surface area contributed by atoms with E-state index in [9.17, 15) is 4.79 Å². The van der Waals surface area contributed by atoms with Gasteiger partial charge in [0.1, 0.15) is 0 Å². The molecule has 1 rings (SSSR count). The SMILES string of the molecule is CCC(C)(C)NC(=O)C(C)NCCn1ccnc1. The normalized spacial score (nSPS) is 13.3. The standard InChI is InChI=1S/C13H24N4O/c1-5-13(3,4)16-12(18)11(2)15-7-9-17-8-6-14-10-17/h6,8,10-11,15H,5,7,9H2,1-4H3,(H,16,18). The Morgan fingerprint density at radius 2 is 2.22 bits per heavy atom. The Morgan fingerprint density at radius 3 is 2.78 bits per heavy atom. The summed E-state index contributed by atoms with van der Waals surface area (Å²) in [6.07, 6.45) is 6.35. The summed E-state index contributed by atoms with van der Waals surface area (Å²) in [5.74, 6) is 0.0486. The molecular formula is C13H24N4O. The highest BCUT2D eigenvalue weighted by molar-refractivity contribution is 5.81. The van der Waals surface area contributed by atoms with Gasteiger partial charge in [0.25, 0.3) is 0 Å². The molecule has 1 amide bonds. The molecule has 2 N–H and O–H groups in total. The molecule has 18 heavy (non-hydrogen) atoms. The molecule has 5 heteroatoms. The van der Waals surface area contributed by atoms with Gasteiger partial charge in [-0.25, -0.2) is 4.98 Å². The van der Waals surface area contributed by atoms with Gasteiger partial charge in [0, 0.05) is 31.0 Å². The van der Waals surface area contributed by atoms with Crippen molar-refractivity contribution in [2.75, 3.05) is 6.54 Å². The van der Waals surface area contributed by atoms with Crippen LogP contribution in [-0.2, 0) is 11.3 Å². The van der Waals surface area contributed by atoms with Crippen LogP contribution < -0.4 is 10.6 Å². The molecule has 0 bridgehead atoms. The number of carbonyl (C=O) groups is 1. The number of carbonyl (C=O) groups excluding carboxylic acids is 1. The van der Waals surface area contributed by atoms with Crippen LogP contribution >= 0.6 is 0 Å². The highest BCUT2D eigenvalue weighted by Gasteiger charge is 2.21. The van der Waals surface area contributed by atoms with Crippen molar-refractivity contribution in [1.82, 2.24) is 20.2 Å². The van der Waals surface area contributed by atoms with E-state index < -0.39 is 0 Å². The monoisotopic (exact) mass is 252 g/mol. The van der Waals surface area contributed by atoms with Gasteiger partial charge in [0.2, 0.25) is 5.91 Å². The molecule has 5 nitrogen and oxygen atoms in total. The molecule has 1 aromatic rings. The van der Waals surface area contributed by atoms with Crippen LogP contribution in [0.5, 0.6) is 0 Å². The van der Waals surface area contributed by atoms with E-state index in [1.54, 1.807) is 12.5 Å². The van der Waals surface area contributed by atoms with E-state index in [0.717, 1.165) is 19.5 Å². The zero-order chi connectivity index (χ0) is 13.6. The minimum Gasteiger partial charge on any atom is -0.350 e. The van der Waals surface area contributed by atoms with E-state index in [2.05, 4.69) is 22.5 Å². The van der Waals surface area contributed by atoms with Crippen molar-refractivity contribution in [3.8, 4) is 0 Å². The summed E-state index contributed by atoms with van der Waals surface area (Å²) in [5, 5.41) is 6.24. The maximum atomic E-state index is 11.9. The Kier molecular flexibility index (Phi) is 5.34. The second-order valence-electron chi connectivity index (χ2n) is 5.20. The summed E-state index contributed by atoms with van der Waals surface area (Å²) in [4.78, 5) is 15.9. The molecule has 0 saturated carbocycles. The second kappa shape index (κ2) is 6.54. The smallest absolute Gasteiger partial charge is 0.237 e. The van der Waals surface area contributed by atoms with Crippen molar-refractivity contribution in [3.63, 3.8) is 0 Å². The number of rotatable bonds is 7. The van der Waals surface area contributed by atoms with Gasteiger partial charge in [-0.05, 0) is 27.2 Å². The van der Waals surface area contributed by atoms with Gasteiger partial charge in [-0.15, -0.1) is 0 Å². The summed E-state index contributed by atoms with van der Waals surface area (Å²) < 4.78 is 1.98. The van der Waals surface area contributed by atoms with Gasteiger partial charge in [-0.3, -0.25) is 4.79 Å². The molecule has 1 aromatic heterocycles. The summed E-state index contributed by atoms with van der Waals surface area (Å²) in [6.45, 7) is 9.57. The van der Waals surface area contributed by atoms with Crippen LogP contribution in [0, 0.1) is 0 Å². The number of nitrogens with zero attached hydrogens (tertiary/aromatic N) is 2. The maximum absolute atomic E-state index is 11.9.